The molecule has 3 heterocycles. The van der Waals surface area contributed by atoms with Gasteiger partial charge < -0.3 is 14.8 Å². The molecule has 7 nitrogen and oxygen atoms in total. The van der Waals surface area contributed by atoms with Crippen molar-refractivity contribution in [2.24, 2.45) is 0 Å². The number of amides is 1. The van der Waals surface area contributed by atoms with Crippen molar-refractivity contribution in [1.82, 2.24) is 25.1 Å². The second-order valence-corrected chi connectivity index (χ2v) is 8.07. The van der Waals surface area contributed by atoms with Crippen molar-refractivity contribution in [3.8, 4) is 0 Å². The molecule has 1 N–H and O–H groups in total. The van der Waals surface area contributed by atoms with E-state index in [1.807, 2.05) is 28.8 Å². The minimum absolute atomic E-state index is 0.0418. The van der Waals surface area contributed by atoms with Gasteiger partial charge in [-0.05, 0) is 62.3 Å². The van der Waals surface area contributed by atoms with Crippen LogP contribution in [0.5, 0.6) is 0 Å². The number of piperidine rings is 1. The Labute approximate surface area is 170 Å². The Bertz CT molecular complexity index is 1020. The zero-order chi connectivity index (χ0) is 19.6. The molecule has 1 amide bonds. The van der Waals surface area contributed by atoms with Crippen LogP contribution in [0.4, 0.5) is 5.82 Å². The van der Waals surface area contributed by atoms with E-state index in [1.165, 1.54) is 24.1 Å². The molecule has 1 fully saturated rings. The SMILES string of the molecule is O=C(Cn1cnc2ccccc21)NC1CCN(c2cc3c(nn2)CCCC3)CC1. The lowest BCUT2D eigenvalue weighted by atomic mass is 9.96. The number of anilines is 1. The summed E-state index contributed by atoms with van der Waals surface area (Å²) in [6.45, 7) is 2.09. The Balaban J connectivity index is 1.16. The highest BCUT2D eigenvalue weighted by Crippen LogP contribution is 2.24. The van der Waals surface area contributed by atoms with Gasteiger partial charge in [0, 0.05) is 19.1 Å². The van der Waals surface area contributed by atoms with Crippen LogP contribution >= 0.6 is 0 Å². The molecule has 1 aliphatic heterocycles. The number of aromatic nitrogens is 4. The van der Waals surface area contributed by atoms with Gasteiger partial charge in [0.2, 0.25) is 5.91 Å². The fourth-order valence-corrected chi connectivity index (χ4v) is 4.45. The van der Waals surface area contributed by atoms with Gasteiger partial charge in [-0.3, -0.25) is 4.79 Å². The zero-order valence-electron chi connectivity index (χ0n) is 16.5. The van der Waals surface area contributed by atoms with Gasteiger partial charge in [0.1, 0.15) is 6.54 Å². The fraction of sp³-hybridized carbons (Fsp3) is 0.455. The van der Waals surface area contributed by atoms with Gasteiger partial charge >= 0.3 is 0 Å². The van der Waals surface area contributed by atoms with E-state index >= 15 is 0 Å². The van der Waals surface area contributed by atoms with E-state index in [0.717, 1.165) is 55.6 Å². The third kappa shape index (κ3) is 3.81. The molecule has 0 atom stereocenters. The predicted molar refractivity (Wildman–Crippen MR) is 112 cm³/mol. The summed E-state index contributed by atoms with van der Waals surface area (Å²) in [7, 11) is 0. The van der Waals surface area contributed by atoms with Crippen molar-refractivity contribution >= 4 is 22.8 Å². The highest BCUT2D eigenvalue weighted by molar-refractivity contribution is 5.80. The highest BCUT2D eigenvalue weighted by atomic mass is 16.2. The van der Waals surface area contributed by atoms with Crippen LogP contribution < -0.4 is 10.2 Å². The second-order valence-electron chi connectivity index (χ2n) is 8.07. The molecule has 2 aromatic heterocycles. The summed E-state index contributed by atoms with van der Waals surface area (Å²) < 4.78 is 1.91. The molecule has 0 spiro atoms. The third-order valence-electron chi connectivity index (χ3n) is 6.08. The van der Waals surface area contributed by atoms with Crippen LogP contribution in [0.25, 0.3) is 11.0 Å². The van der Waals surface area contributed by atoms with Crippen molar-refractivity contribution in [2.45, 2.75) is 51.1 Å². The molecule has 7 heteroatoms. The van der Waals surface area contributed by atoms with E-state index in [1.54, 1.807) is 6.33 Å². The maximum absolute atomic E-state index is 12.5. The summed E-state index contributed by atoms with van der Waals surface area (Å²) >= 11 is 0. The van der Waals surface area contributed by atoms with Crippen molar-refractivity contribution in [2.75, 3.05) is 18.0 Å². The molecule has 0 saturated carbocycles. The van der Waals surface area contributed by atoms with Crippen molar-refractivity contribution < 1.29 is 4.79 Å². The van der Waals surface area contributed by atoms with Crippen molar-refractivity contribution in [1.29, 1.82) is 0 Å². The summed E-state index contributed by atoms with van der Waals surface area (Å²) in [5.41, 5.74) is 4.45. The number of rotatable bonds is 4. The highest BCUT2D eigenvalue weighted by Gasteiger charge is 2.23. The van der Waals surface area contributed by atoms with Crippen LogP contribution in [-0.2, 0) is 24.2 Å². The summed E-state index contributed by atoms with van der Waals surface area (Å²) in [5, 5.41) is 12.1. The standard InChI is InChI=1S/C22H26N6O/c29-22(14-28-15-23-19-7-3-4-8-20(19)28)24-17-9-11-27(12-10-17)21-13-16-5-1-2-6-18(16)25-26-21/h3-4,7-8,13,15,17H,1-2,5-6,9-12,14H2,(H,24,29). The Hall–Kier alpha value is -2.96. The largest absolute Gasteiger partial charge is 0.355 e. The average molecular weight is 390 g/mol. The number of aryl methyl sites for hydroxylation is 2. The van der Waals surface area contributed by atoms with Crippen LogP contribution in [0, 0.1) is 0 Å². The number of benzene rings is 1. The molecule has 1 aromatic carbocycles. The first-order valence-corrected chi connectivity index (χ1v) is 10.6. The maximum Gasteiger partial charge on any atom is 0.240 e. The molecule has 0 unspecified atom stereocenters. The first-order valence-electron chi connectivity index (χ1n) is 10.6. The number of carbonyl (C=O) groups excluding carboxylic acids is 1. The molecule has 0 radical (unpaired) electrons. The summed E-state index contributed by atoms with van der Waals surface area (Å²) in [6, 6.07) is 10.3. The molecule has 1 saturated heterocycles. The van der Waals surface area contributed by atoms with E-state index in [-0.39, 0.29) is 11.9 Å². The number of nitrogens with zero attached hydrogens (tertiary/aromatic N) is 5. The smallest absolute Gasteiger partial charge is 0.240 e. The number of para-hydroxylation sites is 2. The van der Waals surface area contributed by atoms with Crippen LogP contribution in [0.3, 0.4) is 0 Å². The van der Waals surface area contributed by atoms with Gasteiger partial charge in [0.25, 0.3) is 0 Å². The quantitative estimate of drug-likeness (QED) is 0.741. The van der Waals surface area contributed by atoms with E-state index in [0.29, 0.717) is 6.54 Å². The van der Waals surface area contributed by atoms with Gasteiger partial charge in [-0.1, -0.05) is 12.1 Å². The van der Waals surface area contributed by atoms with E-state index < -0.39 is 0 Å². The average Bonchev–Trinajstić information content (AvgIpc) is 3.17. The molecular weight excluding hydrogens is 364 g/mol. The topological polar surface area (TPSA) is 75.9 Å². The number of hydrogen-bond acceptors (Lipinski definition) is 5. The van der Waals surface area contributed by atoms with Gasteiger partial charge in [-0.25, -0.2) is 4.98 Å². The number of imidazole rings is 1. The van der Waals surface area contributed by atoms with Crippen LogP contribution in [0.15, 0.2) is 36.7 Å². The van der Waals surface area contributed by atoms with Crippen molar-refractivity contribution in [3.05, 3.63) is 47.9 Å². The van der Waals surface area contributed by atoms with Crippen LogP contribution in [0.1, 0.15) is 36.9 Å². The number of fused-ring (bicyclic) bond motifs is 2. The molecule has 2 aliphatic rings. The predicted octanol–water partition coefficient (Wildman–Crippen LogP) is 2.49. The Morgan fingerprint density at radius 1 is 1.10 bits per heavy atom. The Morgan fingerprint density at radius 3 is 2.83 bits per heavy atom. The zero-order valence-corrected chi connectivity index (χ0v) is 16.5. The minimum Gasteiger partial charge on any atom is -0.355 e. The minimum atomic E-state index is 0.0418. The first kappa shape index (κ1) is 18.1. The molecular formula is C22H26N6O. The molecule has 150 valence electrons. The first-order chi connectivity index (χ1) is 14.3. The van der Waals surface area contributed by atoms with Gasteiger partial charge in [0.05, 0.1) is 23.1 Å². The number of hydrogen-bond donors (Lipinski definition) is 1. The lowest BCUT2D eigenvalue weighted by molar-refractivity contribution is -0.122. The van der Waals surface area contributed by atoms with E-state index in [9.17, 15) is 4.79 Å². The molecule has 29 heavy (non-hydrogen) atoms. The number of nitrogens with one attached hydrogen (secondary N) is 1. The van der Waals surface area contributed by atoms with Gasteiger partial charge in [-0.15, -0.1) is 5.10 Å². The van der Waals surface area contributed by atoms with Crippen LogP contribution in [-0.4, -0.2) is 44.8 Å². The lowest BCUT2D eigenvalue weighted by Gasteiger charge is -2.33. The van der Waals surface area contributed by atoms with E-state index in [2.05, 4.69) is 31.5 Å². The molecule has 1 aliphatic carbocycles. The van der Waals surface area contributed by atoms with E-state index in [4.69, 9.17) is 0 Å². The fourth-order valence-electron chi connectivity index (χ4n) is 4.45. The molecule has 3 aromatic rings. The molecule has 0 bridgehead atoms. The van der Waals surface area contributed by atoms with Crippen molar-refractivity contribution in [3.63, 3.8) is 0 Å². The molecule has 5 rings (SSSR count). The summed E-state index contributed by atoms with van der Waals surface area (Å²) in [4.78, 5) is 19.2. The Kier molecular flexibility index (Phi) is 4.87. The Morgan fingerprint density at radius 2 is 1.93 bits per heavy atom. The maximum atomic E-state index is 12.5. The monoisotopic (exact) mass is 390 g/mol. The lowest BCUT2D eigenvalue weighted by Crippen LogP contribution is -2.45. The van der Waals surface area contributed by atoms with Gasteiger partial charge in [-0.2, -0.15) is 5.10 Å². The summed E-state index contributed by atoms with van der Waals surface area (Å²) in [6.07, 6.45) is 8.24. The third-order valence-corrected chi connectivity index (χ3v) is 6.08. The normalized spacial score (nSPS) is 17.3. The van der Waals surface area contributed by atoms with Crippen LogP contribution in [0.2, 0.25) is 0 Å². The van der Waals surface area contributed by atoms with Gasteiger partial charge in [0.15, 0.2) is 5.82 Å². The summed E-state index contributed by atoms with van der Waals surface area (Å²) in [5.74, 6) is 1.03. The second kappa shape index (κ2) is 7.81. The number of carbonyl (C=O) groups is 1.